The Kier molecular flexibility index (Phi) is 50.3. The minimum atomic E-state index is -4.29. The maximum absolute atomic E-state index is 12.8. The number of hydrogen-bond acceptors (Lipinski definition) is 6. The van der Waals surface area contributed by atoms with E-state index in [9.17, 15) is 14.3 Å². The summed E-state index contributed by atoms with van der Waals surface area (Å²) in [5.74, 6) is -0.323. The number of allylic oxidation sites excluding steroid dienone is 14. The van der Waals surface area contributed by atoms with Crippen molar-refractivity contribution in [3.05, 3.63) is 85.1 Å². The van der Waals surface area contributed by atoms with Crippen LogP contribution in [0, 0.1) is 0 Å². The average Bonchev–Trinajstić information content (AvgIpc) is 3.31. The van der Waals surface area contributed by atoms with E-state index in [4.69, 9.17) is 18.5 Å². The van der Waals surface area contributed by atoms with Crippen molar-refractivity contribution in [1.29, 1.82) is 0 Å². The minimum Gasteiger partial charge on any atom is -0.457 e. The molecule has 0 rings (SSSR count). The molecule has 0 saturated heterocycles. The minimum absolute atomic E-state index is 0.0827. The second kappa shape index (κ2) is 52.0. The summed E-state index contributed by atoms with van der Waals surface area (Å²) >= 11 is 0. The van der Waals surface area contributed by atoms with Gasteiger partial charge in [0, 0.05) is 13.0 Å². The lowest BCUT2D eigenvalue weighted by atomic mass is 10.1. The second-order valence-corrected chi connectivity index (χ2v) is 21.4. The molecule has 0 aromatic rings. The summed E-state index contributed by atoms with van der Waals surface area (Å²) in [6.45, 7) is 5.49. The van der Waals surface area contributed by atoms with Crippen LogP contribution in [0.4, 0.5) is 0 Å². The van der Waals surface area contributed by atoms with Crippen molar-refractivity contribution in [2.24, 2.45) is 0 Å². The van der Waals surface area contributed by atoms with Gasteiger partial charge < -0.3 is 18.9 Å². The number of hydrogen-bond donors (Lipinski definition) is 1. The summed E-state index contributed by atoms with van der Waals surface area (Å²) in [7, 11) is 1.65. The Labute approximate surface area is 426 Å². The highest BCUT2D eigenvalue weighted by Gasteiger charge is 2.26. The Hall–Kier alpha value is -2.32. The molecule has 69 heavy (non-hydrogen) atoms. The van der Waals surface area contributed by atoms with Crippen molar-refractivity contribution < 1.29 is 37.3 Å². The molecule has 0 aromatic carbocycles. The zero-order valence-corrected chi connectivity index (χ0v) is 46.4. The van der Waals surface area contributed by atoms with E-state index in [2.05, 4.69) is 98.9 Å². The summed E-state index contributed by atoms with van der Waals surface area (Å²) in [6.07, 6.45) is 70.7. The van der Waals surface area contributed by atoms with Gasteiger partial charge in [0.1, 0.15) is 19.3 Å². The monoisotopic (exact) mass is 987 g/mol. The number of esters is 1. The van der Waals surface area contributed by atoms with Gasteiger partial charge in [-0.1, -0.05) is 221 Å². The number of likely N-dealkylation sites (N-methyl/N-ethyl adjacent to an activating group) is 1. The molecule has 0 amide bonds. The average molecular weight is 988 g/mol. The van der Waals surface area contributed by atoms with Crippen molar-refractivity contribution in [1.82, 2.24) is 0 Å². The third-order valence-electron chi connectivity index (χ3n) is 11.9. The smallest absolute Gasteiger partial charge is 0.457 e. The molecule has 0 bridgehead atoms. The van der Waals surface area contributed by atoms with Gasteiger partial charge in [0.05, 0.1) is 34.4 Å². The molecule has 0 aliphatic heterocycles. The van der Waals surface area contributed by atoms with E-state index in [1.807, 2.05) is 21.1 Å². The number of nitrogens with zero attached hydrogens (tertiary/aromatic N) is 1. The van der Waals surface area contributed by atoms with Gasteiger partial charge in [-0.05, 0) is 89.9 Å². The Morgan fingerprint density at radius 3 is 1.26 bits per heavy atom. The number of ether oxygens (including phenoxy) is 2. The molecular formula is C60H109NO7P+. The second-order valence-electron chi connectivity index (χ2n) is 19.9. The number of phosphoric acid groups is 1. The molecule has 2 unspecified atom stereocenters. The van der Waals surface area contributed by atoms with Crippen LogP contribution in [0.3, 0.4) is 0 Å². The topological polar surface area (TPSA) is 91.3 Å². The quantitative estimate of drug-likeness (QED) is 0.0213. The molecule has 9 heteroatoms. The third kappa shape index (κ3) is 56.5. The van der Waals surface area contributed by atoms with Crippen LogP contribution < -0.4 is 0 Å². The fourth-order valence-electron chi connectivity index (χ4n) is 7.61. The Morgan fingerprint density at radius 1 is 0.464 bits per heavy atom. The summed E-state index contributed by atoms with van der Waals surface area (Å²) < 4.78 is 35.2. The lowest BCUT2D eigenvalue weighted by molar-refractivity contribution is -0.870. The first-order chi connectivity index (χ1) is 33.6. The van der Waals surface area contributed by atoms with Crippen molar-refractivity contribution in [3.63, 3.8) is 0 Å². The van der Waals surface area contributed by atoms with Crippen LogP contribution in [0.15, 0.2) is 85.1 Å². The number of phosphoric ester groups is 1. The van der Waals surface area contributed by atoms with Gasteiger partial charge in [0.2, 0.25) is 0 Å². The first-order valence-electron chi connectivity index (χ1n) is 28.3. The van der Waals surface area contributed by atoms with Gasteiger partial charge >= 0.3 is 13.8 Å². The molecule has 0 aliphatic rings. The Bertz CT molecular complexity index is 1380. The maximum atomic E-state index is 12.8. The van der Waals surface area contributed by atoms with Gasteiger partial charge in [-0.25, -0.2) is 4.57 Å². The molecule has 0 spiro atoms. The zero-order chi connectivity index (χ0) is 50.5. The standard InChI is InChI=1S/C60H108NO7P/c1-6-8-10-12-14-16-18-20-22-24-26-28-30-32-34-36-38-40-42-44-46-48-50-52-55-65-57-59(58-67-69(63,64)66-56-54-61(3,4)5)68-60(62)53-51-49-47-45-43-41-39-37-35-33-31-29-27-25-23-21-19-17-15-13-11-9-7-2/h8,10,14,16,19-22,25-28,31,33,59H,6-7,9,11-13,15,17-18,23-24,29-30,32,34-58H2,1-5H3/p+1/b10-8-,16-14-,21-19-,22-20-,27-25-,28-26-,33-31-. The van der Waals surface area contributed by atoms with E-state index in [1.165, 1.54) is 135 Å². The summed E-state index contributed by atoms with van der Waals surface area (Å²) in [6, 6.07) is 0. The molecular weight excluding hydrogens is 878 g/mol. The van der Waals surface area contributed by atoms with Crippen molar-refractivity contribution in [2.45, 2.75) is 238 Å². The number of rotatable bonds is 52. The number of carbonyl (C=O) groups is 1. The highest BCUT2D eigenvalue weighted by Crippen LogP contribution is 2.43. The van der Waals surface area contributed by atoms with E-state index in [0.717, 1.165) is 77.0 Å². The van der Waals surface area contributed by atoms with E-state index in [0.29, 0.717) is 24.1 Å². The van der Waals surface area contributed by atoms with Crippen molar-refractivity contribution in [3.8, 4) is 0 Å². The van der Waals surface area contributed by atoms with Gasteiger partial charge in [0.15, 0.2) is 0 Å². The zero-order valence-electron chi connectivity index (χ0n) is 45.5. The molecule has 0 radical (unpaired) electrons. The van der Waals surface area contributed by atoms with Gasteiger partial charge in [-0.2, -0.15) is 0 Å². The molecule has 0 aromatic heterocycles. The lowest BCUT2D eigenvalue weighted by Gasteiger charge is -2.24. The molecule has 1 N–H and O–H groups in total. The highest BCUT2D eigenvalue weighted by atomic mass is 31.2. The summed E-state index contributed by atoms with van der Waals surface area (Å²) in [5.41, 5.74) is 0. The van der Waals surface area contributed by atoms with Gasteiger partial charge in [-0.3, -0.25) is 13.8 Å². The van der Waals surface area contributed by atoms with E-state index < -0.39 is 13.9 Å². The summed E-state index contributed by atoms with van der Waals surface area (Å²) in [4.78, 5) is 23.1. The highest BCUT2D eigenvalue weighted by molar-refractivity contribution is 7.47. The first kappa shape index (κ1) is 66.7. The van der Waals surface area contributed by atoms with E-state index in [1.54, 1.807) is 0 Å². The number of carbonyl (C=O) groups excluding carboxylic acids is 1. The van der Waals surface area contributed by atoms with Gasteiger partial charge in [-0.15, -0.1) is 0 Å². The number of unbranched alkanes of at least 4 members (excludes halogenated alkanes) is 24. The lowest BCUT2D eigenvalue weighted by Crippen LogP contribution is -2.37. The SMILES string of the molecule is CC/C=C\C/C=C\C/C=C\C/C=C\CCCCCCCCCCCCCOCC(COP(=O)(O)OCC[N+](C)(C)C)OC(=O)CCCCCCCCCC/C=C\C/C=C\C/C=C\CCCCCCC. The third-order valence-corrected chi connectivity index (χ3v) is 12.9. The van der Waals surface area contributed by atoms with Crippen LogP contribution in [0.5, 0.6) is 0 Å². The van der Waals surface area contributed by atoms with Crippen LogP contribution in [0.2, 0.25) is 0 Å². The molecule has 2 atom stereocenters. The normalized spacial score (nSPS) is 14.1. The molecule has 0 aliphatic carbocycles. The Morgan fingerprint density at radius 2 is 0.841 bits per heavy atom. The predicted molar refractivity (Wildman–Crippen MR) is 298 cm³/mol. The van der Waals surface area contributed by atoms with Crippen LogP contribution >= 0.6 is 7.82 Å². The van der Waals surface area contributed by atoms with Crippen molar-refractivity contribution in [2.75, 3.05) is 54.1 Å². The summed E-state index contributed by atoms with van der Waals surface area (Å²) in [5, 5.41) is 0. The van der Waals surface area contributed by atoms with Crippen molar-refractivity contribution >= 4 is 13.8 Å². The largest absolute Gasteiger partial charge is 0.472 e. The van der Waals surface area contributed by atoms with Crippen LogP contribution in [0.1, 0.15) is 232 Å². The number of quaternary nitrogens is 1. The van der Waals surface area contributed by atoms with E-state index >= 15 is 0 Å². The Balaban J connectivity index is 4.13. The predicted octanol–water partition coefficient (Wildman–Crippen LogP) is 18.0. The molecule has 0 heterocycles. The molecule has 0 saturated carbocycles. The van der Waals surface area contributed by atoms with Crippen LogP contribution in [0.25, 0.3) is 0 Å². The van der Waals surface area contributed by atoms with Crippen LogP contribution in [-0.2, 0) is 27.9 Å². The molecule has 400 valence electrons. The first-order valence-corrected chi connectivity index (χ1v) is 29.8. The molecule has 8 nitrogen and oxygen atoms in total. The van der Waals surface area contributed by atoms with Crippen LogP contribution in [-0.4, -0.2) is 75.6 Å². The molecule has 0 fully saturated rings. The fourth-order valence-corrected chi connectivity index (χ4v) is 8.35. The van der Waals surface area contributed by atoms with E-state index in [-0.39, 0.29) is 25.8 Å². The maximum Gasteiger partial charge on any atom is 0.472 e. The van der Waals surface area contributed by atoms with Gasteiger partial charge in [0.25, 0.3) is 0 Å². The fraction of sp³-hybridized carbons (Fsp3) is 0.750.